The third kappa shape index (κ3) is 2.38. The van der Waals surface area contributed by atoms with Crippen LogP contribution in [0.15, 0.2) is 0 Å². The van der Waals surface area contributed by atoms with Crippen molar-refractivity contribution in [1.82, 2.24) is 5.06 Å². The van der Waals surface area contributed by atoms with Crippen LogP contribution >= 0.6 is 0 Å². The van der Waals surface area contributed by atoms with Gasteiger partial charge in [0.15, 0.2) is 0 Å². The topological polar surface area (TPSA) is 62.2 Å². The number of hydrogen-bond donors (Lipinski definition) is 2. The van der Waals surface area contributed by atoms with Crippen molar-refractivity contribution in [3.8, 4) is 0 Å². The molecule has 0 saturated carbocycles. The zero-order valence-electron chi connectivity index (χ0n) is 8.17. The lowest BCUT2D eigenvalue weighted by Gasteiger charge is -2.38. The van der Waals surface area contributed by atoms with E-state index in [9.17, 15) is 10.2 Å². The quantitative estimate of drug-likeness (QED) is 0.567. The fraction of sp³-hybridized carbons (Fsp3) is 1.00. The first-order valence-electron chi connectivity index (χ1n) is 4.34. The summed E-state index contributed by atoms with van der Waals surface area (Å²) in [6.45, 7) is 1.73. The molecular formula is C8H17NO4. The molecule has 1 fully saturated rings. The largest absolute Gasteiger partial charge is 0.390 e. The Morgan fingerprint density at radius 1 is 1.46 bits per heavy atom. The lowest BCUT2D eigenvalue weighted by molar-refractivity contribution is -0.278. The SMILES string of the molecule is CON(C)C1C[C@@H](O)[C@H](O)C(C)O1. The van der Waals surface area contributed by atoms with Crippen LogP contribution in [0.5, 0.6) is 0 Å². The second-order valence-corrected chi connectivity index (χ2v) is 3.32. The molecule has 0 amide bonds. The van der Waals surface area contributed by atoms with E-state index in [1.54, 1.807) is 14.0 Å². The second kappa shape index (κ2) is 4.34. The molecule has 0 aromatic carbocycles. The molecule has 1 heterocycles. The Balaban J connectivity index is 2.53. The summed E-state index contributed by atoms with van der Waals surface area (Å²) in [7, 11) is 3.26. The molecule has 0 bridgehead atoms. The number of hydroxylamine groups is 2. The molecule has 1 aliphatic heterocycles. The molecule has 0 aliphatic carbocycles. The van der Waals surface area contributed by atoms with Crippen LogP contribution in [0, 0.1) is 0 Å². The molecule has 2 unspecified atom stereocenters. The van der Waals surface area contributed by atoms with Crippen molar-refractivity contribution in [2.24, 2.45) is 0 Å². The molecule has 0 spiro atoms. The Hall–Kier alpha value is -0.200. The maximum Gasteiger partial charge on any atom is 0.135 e. The maximum atomic E-state index is 9.45. The Bertz CT molecular complexity index is 154. The van der Waals surface area contributed by atoms with Crippen LogP contribution in [0.3, 0.4) is 0 Å². The number of hydrogen-bond acceptors (Lipinski definition) is 5. The van der Waals surface area contributed by atoms with Gasteiger partial charge in [0.1, 0.15) is 12.3 Å². The minimum atomic E-state index is -0.804. The van der Waals surface area contributed by atoms with Crippen molar-refractivity contribution in [2.45, 2.75) is 37.9 Å². The Labute approximate surface area is 77.8 Å². The molecule has 4 atom stereocenters. The standard InChI is InChI=1S/C8H17NO4/c1-5-8(11)6(10)4-7(13-5)9(2)12-3/h5-8,10-11H,4H2,1-3H3/t5?,6-,7?,8-/m1/s1. The minimum Gasteiger partial charge on any atom is -0.390 e. The zero-order chi connectivity index (χ0) is 10.0. The van der Waals surface area contributed by atoms with Gasteiger partial charge in [-0.05, 0) is 6.92 Å². The molecule has 13 heavy (non-hydrogen) atoms. The monoisotopic (exact) mass is 191 g/mol. The highest BCUT2D eigenvalue weighted by atomic mass is 16.7. The van der Waals surface area contributed by atoms with E-state index >= 15 is 0 Å². The summed E-state index contributed by atoms with van der Waals surface area (Å²) < 4.78 is 5.41. The second-order valence-electron chi connectivity index (χ2n) is 3.32. The van der Waals surface area contributed by atoms with Gasteiger partial charge in [0.2, 0.25) is 0 Å². The summed E-state index contributed by atoms with van der Waals surface area (Å²) in [4.78, 5) is 4.94. The van der Waals surface area contributed by atoms with Crippen LogP contribution < -0.4 is 0 Å². The molecule has 5 heteroatoms. The van der Waals surface area contributed by atoms with Gasteiger partial charge in [-0.15, -0.1) is 0 Å². The van der Waals surface area contributed by atoms with Gasteiger partial charge in [-0.25, -0.2) is 0 Å². The van der Waals surface area contributed by atoms with Gasteiger partial charge >= 0.3 is 0 Å². The average Bonchev–Trinajstić information content (AvgIpc) is 2.12. The van der Waals surface area contributed by atoms with Crippen LogP contribution in [0.1, 0.15) is 13.3 Å². The molecule has 5 nitrogen and oxygen atoms in total. The van der Waals surface area contributed by atoms with E-state index in [2.05, 4.69) is 0 Å². The van der Waals surface area contributed by atoms with Gasteiger partial charge in [0.25, 0.3) is 0 Å². The molecule has 1 rings (SSSR count). The fourth-order valence-corrected chi connectivity index (χ4v) is 1.39. The van der Waals surface area contributed by atoms with Gasteiger partial charge in [0.05, 0.1) is 19.3 Å². The number of ether oxygens (including phenoxy) is 1. The van der Waals surface area contributed by atoms with Crippen molar-refractivity contribution in [1.29, 1.82) is 0 Å². The Morgan fingerprint density at radius 2 is 2.08 bits per heavy atom. The van der Waals surface area contributed by atoms with Crippen LogP contribution in [0.4, 0.5) is 0 Å². The zero-order valence-corrected chi connectivity index (χ0v) is 8.17. The highest BCUT2D eigenvalue weighted by molar-refractivity contribution is 4.81. The summed E-state index contributed by atoms with van der Waals surface area (Å²) in [5.41, 5.74) is 0. The summed E-state index contributed by atoms with van der Waals surface area (Å²) >= 11 is 0. The van der Waals surface area contributed by atoms with Crippen LogP contribution in [-0.4, -0.2) is 54.0 Å². The van der Waals surface area contributed by atoms with Gasteiger partial charge in [0, 0.05) is 13.5 Å². The maximum absolute atomic E-state index is 9.45. The third-order valence-electron chi connectivity index (χ3n) is 2.38. The third-order valence-corrected chi connectivity index (χ3v) is 2.38. The van der Waals surface area contributed by atoms with Gasteiger partial charge in [-0.3, -0.25) is 0 Å². The molecule has 0 radical (unpaired) electrons. The van der Waals surface area contributed by atoms with Crippen LogP contribution in [-0.2, 0) is 9.57 Å². The normalized spacial score (nSPS) is 41.1. The van der Waals surface area contributed by atoms with Crippen LogP contribution in [0.2, 0.25) is 0 Å². The number of aliphatic hydroxyl groups excluding tert-OH is 2. The number of rotatable bonds is 2. The Kier molecular flexibility index (Phi) is 3.63. The van der Waals surface area contributed by atoms with Gasteiger partial charge in [-0.1, -0.05) is 0 Å². The first-order chi connectivity index (χ1) is 6.06. The summed E-state index contributed by atoms with van der Waals surface area (Å²) in [6, 6.07) is 0. The smallest absolute Gasteiger partial charge is 0.135 e. The lowest BCUT2D eigenvalue weighted by Crippen LogP contribution is -2.51. The molecule has 0 aromatic rings. The van der Waals surface area contributed by atoms with E-state index in [4.69, 9.17) is 9.57 Å². The molecule has 78 valence electrons. The van der Waals surface area contributed by atoms with Crippen LogP contribution in [0.25, 0.3) is 0 Å². The number of nitrogens with zero attached hydrogens (tertiary/aromatic N) is 1. The van der Waals surface area contributed by atoms with Gasteiger partial charge in [-0.2, -0.15) is 5.06 Å². The molecule has 2 N–H and O–H groups in total. The first kappa shape index (κ1) is 10.9. The molecule has 1 saturated heterocycles. The molecular weight excluding hydrogens is 174 g/mol. The van der Waals surface area contributed by atoms with E-state index in [0.29, 0.717) is 6.42 Å². The summed E-state index contributed by atoms with van der Waals surface area (Å²) in [5, 5.41) is 20.4. The van der Waals surface area contributed by atoms with Crippen molar-refractivity contribution < 1.29 is 19.8 Å². The van der Waals surface area contributed by atoms with E-state index in [0.717, 1.165) is 0 Å². The summed E-state index contributed by atoms with van der Waals surface area (Å²) in [6.07, 6.45) is -1.85. The van der Waals surface area contributed by atoms with E-state index in [-0.39, 0.29) is 12.3 Å². The fourth-order valence-electron chi connectivity index (χ4n) is 1.39. The average molecular weight is 191 g/mol. The van der Waals surface area contributed by atoms with E-state index in [1.807, 2.05) is 0 Å². The first-order valence-corrected chi connectivity index (χ1v) is 4.34. The number of aliphatic hydroxyl groups is 2. The van der Waals surface area contributed by atoms with E-state index < -0.39 is 12.2 Å². The van der Waals surface area contributed by atoms with Crippen molar-refractivity contribution >= 4 is 0 Å². The van der Waals surface area contributed by atoms with E-state index in [1.165, 1.54) is 12.2 Å². The predicted molar refractivity (Wildman–Crippen MR) is 45.7 cm³/mol. The van der Waals surface area contributed by atoms with Crippen molar-refractivity contribution in [2.75, 3.05) is 14.2 Å². The van der Waals surface area contributed by atoms with Crippen molar-refractivity contribution in [3.63, 3.8) is 0 Å². The summed E-state index contributed by atoms with van der Waals surface area (Å²) in [5.74, 6) is 0. The predicted octanol–water partition coefficient (Wildman–Crippen LogP) is -0.664. The molecule has 0 aromatic heterocycles. The highest BCUT2D eigenvalue weighted by Crippen LogP contribution is 2.21. The van der Waals surface area contributed by atoms with Crippen molar-refractivity contribution in [3.05, 3.63) is 0 Å². The Morgan fingerprint density at radius 3 is 2.54 bits per heavy atom. The highest BCUT2D eigenvalue weighted by Gasteiger charge is 2.35. The molecule has 1 aliphatic rings. The minimum absolute atomic E-state index is 0.293. The van der Waals surface area contributed by atoms with Gasteiger partial charge < -0.3 is 19.8 Å². The lowest BCUT2D eigenvalue weighted by atomic mass is 10.0.